The van der Waals surface area contributed by atoms with Gasteiger partial charge in [0.1, 0.15) is 0 Å². The molecule has 0 spiro atoms. The highest BCUT2D eigenvalue weighted by Crippen LogP contribution is 2.34. The van der Waals surface area contributed by atoms with Gasteiger partial charge in [-0.05, 0) is 24.3 Å². The zero-order valence-electron chi connectivity index (χ0n) is 6.11. The van der Waals surface area contributed by atoms with Crippen LogP contribution in [0.5, 0.6) is 0 Å². The minimum Gasteiger partial charge on any atom is -0.330 e. The third-order valence-electron chi connectivity index (χ3n) is 2.27. The van der Waals surface area contributed by atoms with E-state index in [1.807, 2.05) is 11.8 Å². The van der Waals surface area contributed by atoms with Crippen molar-refractivity contribution in [3.63, 3.8) is 0 Å². The molecule has 60 valence electrons. The van der Waals surface area contributed by atoms with Crippen LogP contribution in [-0.4, -0.2) is 24.7 Å². The summed E-state index contributed by atoms with van der Waals surface area (Å²) in [7, 11) is 0. The van der Waals surface area contributed by atoms with Crippen LogP contribution in [0.4, 0.5) is 4.39 Å². The number of rotatable bonds is 2. The molecule has 0 aromatic carbocycles. The summed E-state index contributed by atoms with van der Waals surface area (Å²) in [6, 6.07) is 0. The summed E-state index contributed by atoms with van der Waals surface area (Å²) in [6.45, 7) is 0.286. The van der Waals surface area contributed by atoms with Gasteiger partial charge in [-0.25, -0.2) is 0 Å². The zero-order valence-corrected chi connectivity index (χ0v) is 6.92. The molecule has 2 N–H and O–H groups in total. The number of nitrogens with two attached hydrogens (primary N) is 1. The molecule has 3 heteroatoms. The lowest BCUT2D eigenvalue weighted by atomic mass is 9.83. The molecular weight excluding hydrogens is 149 g/mol. The van der Waals surface area contributed by atoms with Gasteiger partial charge >= 0.3 is 0 Å². The number of hydrogen-bond acceptors (Lipinski definition) is 2. The van der Waals surface area contributed by atoms with Crippen LogP contribution in [0.15, 0.2) is 0 Å². The quantitative estimate of drug-likeness (QED) is 0.666. The summed E-state index contributed by atoms with van der Waals surface area (Å²) in [5, 5.41) is 0. The average molecular weight is 163 g/mol. The third-order valence-corrected chi connectivity index (χ3v) is 3.26. The molecule has 0 aliphatic carbocycles. The van der Waals surface area contributed by atoms with E-state index in [0.717, 1.165) is 24.3 Å². The SMILES string of the molecule is NCC1(CF)CCSCC1. The standard InChI is InChI=1S/C7H14FNS/c8-5-7(6-9)1-3-10-4-2-7/h1-6,9H2. The Labute approximate surface area is 65.6 Å². The lowest BCUT2D eigenvalue weighted by Gasteiger charge is -2.32. The van der Waals surface area contributed by atoms with Crippen LogP contribution in [0, 0.1) is 5.41 Å². The fraction of sp³-hybridized carbons (Fsp3) is 1.00. The maximum atomic E-state index is 12.4. The Balaban J connectivity index is 2.44. The molecule has 1 fully saturated rings. The molecule has 1 saturated heterocycles. The Bertz CT molecular complexity index is 95.8. The first-order valence-corrected chi connectivity index (χ1v) is 4.82. The van der Waals surface area contributed by atoms with Crippen LogP contribution in [-0.2, 0) is 0 Å². The second-order valence-electron chi connectivity index (χ2n) is 2.95. The maximum absolute atomic E-state index is 12.4. The van der Waals surface area contributed by atoms with E-state index in [1.54, 1.807) is 0 Å². The monoisotopic (exact) mass is 163 g/mol. The van der Waals surface area contributed by atoms with Crippen molar-refractivity contribution in [2.75, 3.05) is 24.7 Å². The van der Waals surface area contributed by atoms with E-state index >= 15 is 0 Å². The molecule has 0 radical (unpaired) electrons. The van der Waals surface area contributed by atoms with Crippen molar-refractivity contribution in [2.24, 2.45) is 11.1 Å². The first-order valence-electron chi connectivity index (χ1n) is 3.67. The van der Waals surface area contributed by atoms with E-state index in [1.165, 1.54) is 0 Å². The summed E-state index contributed by atoms with van der Waals surface area (Å²) in [5.74, 6) is 2.17. The summed E-state index contributed by atoms with van der Waals surface area (Å²) >= 11 is 1.91. The molecule has 1 aliphatic heterocycles. The first-order chi connectivity index (χ1) is 4.83. The van der Waals surface area contributed by atoms with Gasteiger partial charge in [0.25, 0.3) is 0 Å². The fourth-order valence-electron chi connectivity index (χ4n) is 1.20. The molecule has 0 aromatic heterocycles. The van der Waals surface area contributed by atoms with Gasteiger partial charge in [-0.2, -0.15) is 11.8 Å². The van der Waals surface area contributed by atoms with Crippen molar-refractivity contribution in [1.29, 1.82) is 0 Å². The topological polar surface area (TPSA) is 26.0 Å². The molecule has 1 rings (SSSR count). The Morgan fingerprint density at radius 3 is 2.30 bits per heavy atom. The minimum absolute atomic E-state index is 0.148. The van der Waals surface area contributed by atoms with Crippen LogP contribution in [0.3, 0.4) is 0 Å². The number of thioether (sulfide) groups is 1. The summed E-state index contributed by atoms with van der Waals surface area (Å²) in [5.41, 5.74) is 5.35. The van der Waals surface area contributed by atoms with Gasteiger partial charge in [0, 0.05) is 12.0 Å². The van der Waals surface area contributed by atoms with Crippen molar-refractivity contribution in [1.82, 2.24) is 0 Å². The van der Waals surface area contributed by atoms with Crippen LogP contribution >= 0.6 is 11.8 Å². The highest BCUT2D eigenvalue weighted by Gasteiger charge is 2.30. The van der Waals surface area contributed by atoms with Gasteiger partial charge in [-0.1, -0.05) is 0 Å². The van der Waals surface area contributed by atoms with E-state index in [2.05, 4.69) is 0 Å². The van der Waals surface area contributed by atoms with E-state index in [9.17, 15) is 4.39 Å². The number of hydrogen-bond donors (Lipinski definition) is 1. The molecule has 0 aromatic rings. The molecule has 10 heavy (non-hydrogen) atoms. The van der Waals surface area contributed by atoms with Gasteiger partial charge in [0.05, 0.1) is 6.67 Å². The molecule has 0 atom stereocenters. The van der Waals surface area contributed by atoms with Crippen LogP contribution in [0.1, 0.15) is 12.8 Å². The maximum Gasteiger partial charge on any atom is 0.0963 e. The lowest BCUT2D eigenvalue weighted by molar-refractivity contribution is 0.197. The van der Waals surface area contributed by atoms with E-state index in [4.69, 9.17) is 5.73 Å². The summed E-state index contributed by atoms with van der Waals surface area (Å²) < 4.78 is 12.4. The highest BCUT2D eigenvalue weighted by atomic mass is 32.2. The van der Waals surface area contributed by atoms with E-state index in [-0.39, 0.29) is 12.1 Å². The van der Waals surface area contributed by atoms with E-state index in [0.29, 0.717) is 6.54 Å². The number of halogens is 1. The van der Waals surface area contributed by atoms with Crippen molar-refractivity contribution in [3.8, 4) is 0 Å². The predicted molar refractivity (Wildman–Crippen MR) is 44.0 cm³/mol. The largest absolute Gasteiger partial charge is 0.330 e. The third kappa shape index (κ3) is 1.64. The molecule has 1 heterocycles. The normalized spacial score (nSPS) is 24.6. The first kappa shape index (κ1) is 8.34. The second-order valence-corrected chi connectivity index (χ2v) is 4.17. The lowest BCUT2D eigenvalue weighted by Crippen LogP contribution is -2.36. The molecular formula is C7H14FNS. The van der Waals surface area contributed by atoms with Crippen molar-refractivity contribution in [3.05, 3.63) is 0 Å². The fourth-order valence-corrected chi connectivity index (χ4v) is 2.56. The predicted octanol–water partition coefficient (Wildman–Crippen LogP) is 1.43. The number of alkyl halides is 1. The van der Waals surface area contributed by atoms with Gasteiger partial charge in [-0.3, -0.25) is 4.39 Å². The Kier molecular flexibility index (Phi) is 2.98. The Morgan fingerprint density at radius 1 is 1.40 bits per heavy atom. The highest BCUT2D eigenvalue weighted by molar-refractivity contribution is 7.99. The van der Waals surface area contributed by atoms with Crippen LogP contribution < -0.4 is 5.73 Å². The summed E-state index contributed by atoms with van der Waals surface area (Å²) in [4.78, 5) is 0. The van der Waals surface area contributed by atoms with Crippen LogP contribution in [0.25, 0.3) is 0 Å². The Hall–Kier alpha value is 0.240. The van der Waals surface area contributed by atoms with Gasteiger partial charge in [0.15, 0.2) is 0 Å². The molecule has 0 unspecified atom stereocenters. The summed E-state index contributed by atoms with van der Waals surface area (Å²) in [6.07, 6.45) is 1.93. The van der Waals surface area contributed by atoms with Crippen molar-refractivity contribution < 1.29 is 4.39 Å². The smallest absolute Gasteiger partial charge is 0.0963 e. The Morgan fingerprint density at radius 2 is 2.00 bits per heavy atom. The average Bonchev–Trinajstić information content (AvgIpc) is 2.06. The zero-order chi connectivity index (χ0) is 7.45. The van der Waals surface area contributed by atoms with Gasteiger partial charge in [0.2, 0.25) is 0 Å². The molecule has 1 aliphatic rings. The van der Waals surface area contributed by atoms with Crippen molar-refractivity contribution in [2.45, 2.75) is 12.8 Å². The van der Waals surface area contributed by atoms with Gasteiger partial charge in [-0.15, -0.1) is 0 Å². The molecule has 0 amide bonds. The van der Waals surface area contributed by atoms with Gasteiger partial charge < -0.3 is 5.73 Å². The molecule has 1 nitrogen and oxygen atoms in total. The van der Waals surface area contributed by atoms with Crippen molar-refractivity contribution >= 4 is 11.8 Å². The minimum atomic E-state index is -0.232. The van der Waals surface area contributed by atoms with Crippen LogP contribution in [0.2, 0.25) is 0 Å². The molecule has 0 bridgehead atoms. The second kappa shape index (κ2) is 3.58. The van der Waals surface area contributed by atoms with E-state index < -0.39 is 0 Å². The molecule has 0 saturated carbocycles.